The summed E-state index contributed by atoms with van der Waals surface area (Å²) in [6.07, 6.45) is 0. The quantitative estimate of drug-likeness (QED) is 0.771. The van der Waals surface area contributed by atoms with Crippen molar-refractivity contribution in [3.05, 3.63) is 71.7 Å². The maximum atomic E-state index is 13.0. The van der Waals surface area contributed by atoms with Crippen LogP contribution in [-0.4, -0.2) is 20.9 Å². The van der Waals surface area contributed by atoms with Crippen LogP contribution in [0.4, 0.5) is 10.2 Å². The number of aromatic nitrogens is 3. The topological polar surface area (TPSA) is 85.8 Å². The number of benzene rings is 2. The highest BCUT2D eigenvalue weighted by Crippen LogP contribution is 2.17. The van der Waals surface area contributed by atoms with Crippen molar-refractivity contribution in [2.45, 2.75) is 13.0 Å². The fraction of sp³-hybridized carbons (Fsp3) is 0.118. The molecule has 7 heteroatoms. The lowest BCUT2D eigenvalue weighted by Gasteiger charge is -2.13. The fourth-order valence-electron chi connectivity index (χ4n) is 2.31. The van der Waals surface area contributed by atoms with Crippen molar-refractivity contribution < 1.29 is 9.18 Å². The maximum absolute atomic E-state index is 13.0. The lowest BCUT2D eigenvalue weighted by atomic mass is 10.1. The highest BCUT2D eigenvalue weighted by Gasteiger charge is 2.20. The van der Waals surface area contributed by atoms with E-state index in [1.54, 1.807) is 0 Å². The van der Waals surface area contributed by atoms with Gasteiger partial charge >= 0.3 is 0 Å². The Hall–Kier alpha value is -3.22. The Morgan fingerprint density at radius 2 is 1.83 bits per heavy atom. The van der Waals surface area contributed by atoms with Gasteiger partial charge in [0.2, 0.25) is 0 Å². The lowest BCUT2D eigenvalue weighted by Crippen LogP contribution is -2.27. The first-order chi connectivity index (χ1) is 11.6. The number of anilines is 1. The summed E-state index contributed by atoms with van der Waals surface area (Å²) in [5, 5.41) is 10.6. The monoisotopic (exact) mass is 325 g/mol. The van der Waals surface area contributed by atoms with E-state index in [1.807, 2.05) is 37.3 Å². The van der Waals surface area contributed by atoms with Crippen LogP contribution in [0.25, 0.3) is 5.69 Å². The average Bonchev–Trinajstić information content (AvgIpc) is 2.98. The highest BCUT2D eigenvalue weighted by molar-refractivity contribution is 5.96. The minimum atomic E-state index is -0.419. The predicted molar refractivity (Wildman–Crippen MR) is 88.1 cm³/mol. The maximum Gasteiger partial charge on any atom is 0.276 e. The second-order valence-corrected chi connectivity index (χ2v) is 5.32. The Labute approximate surface area is 138 Å². The molecule has 0 aliphatic rings. The largest absolute Gasteiger partial charge is 0.382 e. The van der Waals surface area contributed by atoms with Gasteiger partial charge in [0, 0.05) is 0 Å². The summed E-state index contributed by atoms with van der Waals surface area (Å²) in [7, 11) is 0. The summed E-state index contributed by atoms with van der Waals surface area (Å²) < 4.78 is 14.3. The Bertz CT molecular complexity index is 845. The molecule has 0 spiro atoms. The number of nitrogens with zero attached hydrogens (tertiary/aromatic N) is 3. The second-order valence-electron chi connectivity index (χ2n) is 5.32. The molecule has 3 rings (SSSR count). The zero-order chi connectivity index (χ0) is 17.1. The van der Waals surface area contributed by atoms with Crippen LogP contribution in [0, 0.1) is 5.82 Å². The Morgan fingerprint density at radius 3 is 2.50 bits per heavy atom. The summed E-state index contributed by atoms with van der Waals surface area (Å²) in [4.78, 5) is 12.4. The van der Waals surface area contributed by atoms with Crippen LogP contribution >= 0.6 is 0 Å². The fourth-order valence-corrected chi connectivity index (χ4v) is 2.31. The van der Waals surface area contributed by atoms with Gasteiger partial charge in [-0.1, -0.05) is 35.5 Å². The number of hydrogen-bond acceptors (Lipinski definition) is 4. The van der Waals surface area contributed by atoms with Crippen molar-refractivity contribution in [3.63, 3.8) is 0 Å². The lowest BCUT2D eigenvalue weighted by molar-refractivity contribution is 0.0935. The van der Waals surface area contributed by atoms with Crippen molar-refractivity contribution in [3.8, 4) is 5.69 Å². The molecule has 0 fully saturated rings. The van der Waals surface area contributed by atoms with E-state index in [4.69, 9.17) is 5.73 Å². The molecule has 0 saturated carbocycles. The van der Waals surface area contributed by atoms with Crippen LogP contribution in [-0.2, 0) is 0 Å². The van der Waals surface area contributed by atoms with Crippen LogP contribution in [0.15, 0.2) is 54.6 Å². The second kappa shape index (κ2) is 6.49. The molecule has 1 heterocycles. The van der Waals surface area contributed by atoms with Crippen molar-refractivity contribution in [1.29, 1.82) is 0 Å². The van der Waals surface area contributed by atoms with Crippen LogP contribution in [0.3, 0.4) is 0 Å². The van der Waals surface area contributed by atoms with Crippen LogP contribution in [0.5, 0.6) is 0 Å². The molecule has 0 bridgehead atoms. The van der Waals surface area contributed by atoms with Crippen molar-refractivity contribution in [1.82, 2.24) is 20.3 Å². The molecule has 1 amide bonds. The standard InChI is InChI=1S/C17H16FN5O/c1-11(12-5-3-2-4-6-12)20-17(24)15-16(19)23(22-21-15)14-9-7-13(18)8-10-14/h2-11H,19H2,1H3,(H,20,24)/t11-/m1/s1. The van der Waals surface area contributed by atoms with E-state index in [9.17, 15) is 9.18 Å². The number of nitrogens with two attached hydrogens (primary N) is 1. The van der Waals surface area contributed by atoms with Gasteiger partial charge in [0.05, 0.1) is 11.7 Å². The molecule has 3 N–H and O–H groups in total. The molecular weight excluding hydrogens is 309 g/mol. The van der Waals surface area contributed by atoms with E-state index >= 15 is 0 Å². The molecular formula is C17H16FN5O. The first-order valence-electron chi connectivity index (χ1n) is 7.39. The van der Waals surface area contributed by atoms with Gasteiger partial charge in [-0.3, -0.25) is 4.79 Å². The number of nitrogen functional groups attached to an aromatic ring is 1. The van der Waals surface area contributed by atoms with E-state index in [1.165, 1.54) is 28.9 Å². The number of rotatable bonds is 4. The summed E-state index contributed by atoms with van der Waals surface area (Å²) in [5.41, 5.74) is 7.49. The van der Waals surface area contributed by atoms with Gasteiger partial charge < -0.3 is 11.1 Å². The van der Waals surface area contributed by atoms with E-state index in [0.29, 0.717) is 5.69 Å². The summed E-state index contributed by atoms with van der Waals surface area (Å²) in [6, 6.07) is 14.9. The summed E-state index contributed by atoms with van der Waals surface area (Å²) in [5.74, 6) is -0.691. The van der Waals surface area contributed by atoms with Crippen LogP contribution in [0.2, 0.25) is 0 Å². The van der Waals surface area contributed by atoms with Gasteiger partial charge in [-0.2, -0.15) is 4.68 Å². The summed E-state index contributed by atoms with van der Waals surface area (Å²) >= 11 is 0. The van der Waals surface area contributed by atoms with Crippen molar-refractivity contribution in [2.24, 2.45) is 0 Å². The van der Waals surface area contributed by atoms with Gasteiger partial charge in [-0.05, 0) is 36.8 Å². The van der Waals surface area contributed by atoms with Crippen LogP contribution in [0.1, 0.15) is 29.0 Å². The molecule has 1 aromatic heterocycles. The normalized spacial score (nSPS) is 11.9. The molecule has 0 saturated heterocycles. The minimum Gasteiger partial charge on any atom is -0.382 e. The molecule has 0 radical (unpaired) electrons. The SMILES string of the molecule is C[C@@H](NC(=O)c1nnn(-c2ccc(F)cc2)c1N)c1ccccc1. The molecule has 122 valence electrons. The van der Waals surface area contributed by atoms with E-state index < -0.39 is 5.91 Å². The third kappa shape index (κ3) is 3.10. The number of hydrogen-bond donors (Lipinski definition) is 2. The zero-order valence-electron chi connectivity index (χ0n) is 13.0. The molecule has 6 nitrogen and oxygen atoms in total. The Morgan fingerprint density at radius 1 is 1.17 bits per heavy atom. The predicted octanol–water partition coefficient (Wildman–Crippen LogP) is 2.48. The van der Waals surface area contributed by atoms with Gasteiger partial charge in [0.1, 0.15) is 5.82 Å². The smallest absolute Gasteiger partial charge is 0.276 e. The molecule has 3 aromatic rings. The highest BCUT2D eigenvalue weighted by atomic mass is 19.1. The third-order valence-corrected chi connectivity index (χ3v) is 3.64. The third-order valence-electron chi connectivity index (χ3n) is 3.64. The van der Waals surface area contributed by atoms with Crippen molar-refractivity contribution in [2.75, 3.05) is 5.73 Å². The Kier molecular flexibility index (Phi) is 4.24. The van der Waals surface area contributed by atoms with Gasteiger partial charge in [0.15, 0.2) is 11.5 Å². The van der Waals surface area contributed by atoms with E-state index in [2.05, 4.69) is 15.6 Å². The van der Waals surface area contributed by atoms with Crippen molar-refractivity contribution >= 4 is 11.7 Å². The molecule has 0 aliphatic carbocycles. The number of carbonyl (C=O) groups excluding carboxylic acids is 1. The first kappa shape index (κ1) is 15.7. The van der Waals surface area contributed by atoms with Gasteiger partial charge in [-0.15, -0.1) is 5.10 Å². The average molecular weight is 325 g/mol. The molecule has 0 aliphatic heterocycles. The molecule has 1 atom stereocenters. The number of nitrogens with one attached hydrogen (secondary N) is 1. The number of carbonyl (C=O) groups is 1. The minimum absolute atomic E-state index is 0.0297. The van der Waals surface area contributed by atoms with Gasteiger partial charge in [0.25, 0.3) is 5.91 Å². The van der Waals surface area contributed by atoms with Gasteiger partial charge in [-0.25, -0.2) is 4.39 Å². The molecule has 24 heavy (non-hydrogen) atoms. The summed E-state index contributed by atoms with van der Waals surface area (Å²) in [6.45, 7) is 1.87. The first-order valence-corrected chi connectivity index (χ1v) is 7.39. The van der Waals surface area contributed by atoms with Crippen LogP contribution < -0.4 is 11.1 Å². The van der Waals surface area contributed by atoms with E-state index in [0.717, 1.165) is 5.56 Å². The number of amides is 1. The number of halogens is 1. The molecule has 0 unspecified atom stereocenters. The van der Waals surface area contributed by atoms with E-state index in [-0.39, 0.29) is 23.4 Å². The Balaban J connectivity index is 1.80. The zero-order valence-corrected chi connectivity index (χ0v) is 13.0. The molecule has 2 aromatic carbocycles.